The van der Waals surface area contributed by atoms with Crippen LogP contribution in [0.4, 0.5) is 15.6 Å². The minimum atomic E-state index is -3.82. The van der Waals surface area contributed by atoms with Gasteiger partial charge in [0.15, 0.2) is 5.13 Å². The Morgan fingerprint density at radius 2 is 1.84 bits per heavy atom. The number of carbonyl (C=O) groups is 3. The van der Waals surface area contributed by atoms with Crippen LogP contribution in [0.2, 0.25) is 0 Å². The number of ether oxygens (including phenoxy) is 1. The number of alkyl carbamates (subject to hydrolysis) is 1. The number of amides is 3. The normalized spacial score (nSPS) is 11.8. The number of unbranched alkanes of at least 4 members (excludes halogenated alkanes) is 1. The van der Waals surface area contributed by atoms with Crippen LogP contribution in [0.1, 0.15) is 35.3 Å². The number of aromatic nitrogens is 2. The third-order valence-corrected chi connectivity index (χ3v) is 6.29. The number of nitrogens with zero attached hydrogens (tertiary/aromatic N) is 2. The van der Waals surface area contributed by atoms with Gasteiger partial charge in [0, 0.05) is 18.1 Å². The van der Waals surface area contributed by atoms with E-state index in [0.29, 0.717) is 18.5 Å². The van der Waals surface area contributed by atoms with Crippen molar-refractivity contribution in [1.82, 2.24) is 20.0 Å². The second-order valence-corrected chi connectivity index (χ2v) is 10.2. The van der Waals surface area contributed by atoms with Gasteiger partial charge in [0.05, 0.1) is 11.9 Å². The molecule has 2 heterocycles. The molecule has 1 atom stereocenters. The van der Waals surface area contributed by atoms with Gasteiger partial charge in [-0.2, -0.15) is 8.42 Å². The summed E-state index contributed by atoms with van der Waals surface area (Å²) in [5.41, 5.74) is 1.36. The molecule has 3 amide bonds. The van der Waals surface area contributed by atoms with E-state index < -0.39 is 34.2 Å². The number of hydrogen-bond acceptors (Lipinski definition) is 9. The molecule has 1 aromatic carbocycles. The molecule has 0 aliphatic rings. The van der Waals surface area contributed by atoms with Crippen molar-refractivity contribution in [3.8, 4) is 0 Å². The molecule has 0 fully saturated rings. The van der Waals surface area contributed by atoms with Gasteiger partial charge in [-0.3, -0.25) is 14.6 Å². The fourth-order valence-corrected chi connectivity index (χ4v) is 4.25. The lowest BCUT2D eigenvalue weighted by Crippen LogP contribution is -2.44. The lowest BCUT2D eigenvalue weighted by atomic mass is 10.1. The van der Waals surface area contributed by atoms with Gasteiger partial charge in [0.25, 0.3) is 16.1 Å². The molecular weight excluding hydrogens is 534 g/mol. The molecule has 0 unspecified atom stereocenters. The number of thiazole rings is 1. The number of anilines is 2. The fourth-order valence-electron chi connectivity index (χ4n) is 3.12. The van der Waals surface area contributed by atoms with E-state index in [0.717, 1.165) is 16.9 Å². The van der Waals surface area contributed by atoms with Crippen molar-refractivity contribution in [2.24, 2.45) is 5.14 Å². The van der Waals surface area contributed by atoms with Crippen LogP contribution < -0.4 is 25.8 Å². The van der Waals surface area contributed by atoms with Crippen molar-refractivity contribution in [2.75, 3.05) is 17.2 Å². The highest BCUT2D eigenvalue weighted by Crippen LogP contribution is 2.18. The number of nitrogens with two attached hydrogens (primary N) is 1. The second kappa shape index (κ2) is 14.1. The predicted octanol–water partition coefficient (Wildman–Crippen LogP) is 1.99. The Balaban J connectivity index is 1.58. The first-order valence-electron chi connectivity index (χ1n) is 11.4. The Labute approximate surface area is 223 Å². The van der Waals surface area contributed by atoms with E-state index in [1.54, 1.807) is 30.5 Å². The highest BCUT2D eigenvalue weighted by molar-refractivity contribution is 7.87. The van der Waals surface area contributed by atoms with Gasteiger partial charge < -0.3 is 20.7 Å². The zero-order chi connectivity index (χ0) is 27.4. The van der Waals surface area contributed by atoms with Crippen molar-refractivity contribution in [1.29, 1.82) is 0 Å². The SMILES string of the molecule is NS(=O)(=O)NCCCC[C@H](NC(=O)OCc1ccccc1)C(=O)Nc1nc(C(=O)Nc2cccnc2)cs1. The number of rotatable bonds is 13. The molecule has 3 aromatic rings. The van der Waals surface area contributed by atoms with Crippen LogP contribution in [-0.4, -0.2) is 48.9 Å². The highest BCUT2D eigenvalue weighted by atomic mass is 32.2. The first-order valence-corrected chi connectivity index (χ1v) is 13.8. The van der Waals surface area contributed by atoms with Crippen LogP contribution in [0.25, 0.3) is 0 Å². The molecule has 0 saturated carbocycles. The van der Waals surface area contributed by atoms with E-state index in [-0.39, 0.29) is 30.4 Å². The zero-order valence-electron chi connectivity index (χ0n) is 20.1. The van der Waals surface area contributed by atoms with E-state index in [2.05, 4.69) is 30.6 Å². The summed E-state index contributed by atoms with van der Waals surface area (Å²) in [7, 11) is -3.82. The van der Waals surface area contributed by atoms with Gasteiger partial charge in [0.2, 0.25) is 5.91 Å². The number of carbonyl (C=O) groups excluding carboxylic acids is 3. The average molecular weight is 562 g/mol. The lowest BCUT2D eigenvalue weighted by Gasteiger charge is -2.17. The Morgan fingerprint density at radius 1 is 1.05 bits per heavy atom. The monoisotopic (exact) mass is 561 g/mol. The van der Waals surface area contributed by atoms with Crippen LogP contribution in [-0.2, 0) is 26.3 Å². The minimum Gasteiger partial charge on any atom is -0.445 e. The van der Waals surface area contributed by atoms with Crippen LogP contribution >= 0.6 is 11.3 Å². The predicted molar refractivity (Wildman–Crippen MR) is 141 cm³/mol. The molecule has 0 bridgehead atoms. The fraction of sp³-hybridized carbons (Fsp3) is 0.261. The van der Waals surface area contributed by atoms with E-state index in [9.17, 15) is 22.8 Å². The summed E-state index contributed by atoms with van der Waals surface area (Å²) in [4.78, 5) is 45.8. The smallest absolute Gasteiger partial charge is 0.408 e. The molecule has 0 spiro atoms. The molecule has 15 heteroatoms. The Hall–Kier alpha value is -3.92. The molecule has 38 heavy (non-hydrogen) atoms. The molecule has 2 aromatic heterocycles. The number of nitrogens with one attached hydrogen (secondary N) is 4. The molecular formula is C23H27N7O6S2. The third-order valence-electron chi connectivity index (χ3n) is 4.93. The van der Waals surface area contributed by atoms with Gasteiger partial charge >= 0.3 is 6.09 Å². The number of benzene rings is 1. The maximum atomic E-state index is 13.0. The van der Waals surface area contributed by atoms with Crippen LogP contribution in [0.15, 0.2) is 60.2 Å². The van der Waals surface area contributed by atoms with Gasteiger partial charge in [-0.1, -0.05) is 30.3 Å². The summed E-state index contributed by atoms with van der Waals surface area (Å²) < 4.78 is 29.4. The summed E-state index contributed by atoms with van der Waals surface area (Å²) in [5.74, 6) is -1.05. The van der Waals surface area contributed by atoms with Gasteiger partial charge in [-0.25, -0.2) is 19.6 Å². The molecule has 0 aliphatic carbocycles. The maximum absolute atomic E-state index is 13.0. The van der Waals surface area contributed by atoms with Crippen LogP contribution in [0, 0.1) is 0 Å². The first kappa shape index (κ1) is 28.6. The summed E-state index contributed by atoms with van der Waals surface area (Å²) >= 11 is 1.04. The second-order valence-electron chi connectivity index (χ2n) is 7.92. The zero-order valence-corrected chi connectivity index (χ0v) is 21.8. The van der Waals surface area contributed by atoms with Crippen molar-refractivity contribution >= 4 is 50.3 Å². The summed E-state index contributed by atoms with van der Waals surface area (Å²) in [5, 5.41) is 14.3. The van der Waals surface area contributed by atoms with E-state index in [1.807, 2.05) is 18.2 Å². The van der Waals surface area contributed by atoms with Gasteiger partial charge in [0.1, 0.15) is 18.3 Å². The molecule has 6 N–H and O–H groups in total. The third kappa shape index (κ3) is 10.2. The standard InChI is InChI=1S/C23H27N7O6S2/c24-38(34,35)26-12-5-4-10-18(29-23(33)36-14-16-7-2-1-3-8-16)20(31)30-22-28-19(15-37-22)21(32)27-17-9-6-11-25-13-17/h1-3,6-9,11,13,15,18,26H,4-5,10,12,14H2,(H,27,32)(H,29,33)(H2,24,34,35)(H,28,30,31)/t18-/m0/s1. The first-order chi connectivity index (χ1) is 18.2. The van der Waals surface area contributed by atoms with Gasteiger partial charge in [-0.15, -0.1) is 11.3 Å². The van der Waals surface area contributed by atoms with Crippen LogP contribution in [0.3, 0.4) is 0 Å². The Kier molecular flexibility index (Phi) is 10.7. The summed E-state index contributed by atoms with van der Waals surface area (Å²) in [6.45, 7) is 0.0920. The van der Waals surface area contributed by atoms with Crippen molar-refractivity contribution in [3.05, 3.63) is 71.5 Å². The molecule has 0 aliphatic heterocycles. The number of hydrogen-bond donors (Lipinski definition) is 5. The molecule has 202 valence electrons. The van der Waals surface area contributed by atoms with Crippen molar-refractivity contribution in [2.45, 2.75) is 31.9 Å². The summed E-state index contributed by atoms with van der Waals surface area (Å²) in [6, 6.07) is 11.4. The lowest BCUT2D eigenvalue weighted by molar-refractivity contribution is -0.118. The topological polar surface area (TPSA) is 194 Å². The summed E-state index contributed by atoms with van der Waals surface area (Å²) in [6.07, 6.45) is 3.20. The van der Waals surface area contributed by atoms with E-state index in [4.69, 9.17) is 9.88 Å². The van der Waals surface area contributed by atoms with E-state index >= 15 is 0 Å². The molecule has 3 rings (SSSR count). The number of pyridine rings is 1. The minimum absolute atomic E-state index is 0.0151. The van der Waals surface area contributed by atoms with E-state index in [1.165, 1.54) is 11.6 Å². The van der Waals surface area contributed by atoms with Crippen molar-refractivity contribution < 1.29 is 27.5 Å². The maximum Gasteiger partial charge on any atom is 0.408 e. The van der Waals surface area contributed by atoms with Crippen molar-refractivity contribution in [3.63, 3.8) is 0 Å². The Bertz CT molecular complexity index is 1320. The molecule has 0 radical (unpaired) electrons. The quantitative estimate of drug-likeness (QED) is 0.195. The molecule has 13 nitrogen and oxygen atoms in total. The average Bonchev–Trinajstić information content (AvgIpc) is 3.36. The Morgan fingerprint density at radius 3 is 2.55 bits per heavy atom. The largest absolute Gasteiger partial charge is 0.445 e. The van der Waals surface area contributed by atoms with Gasteiger partial charge in [-0.05, 0) is 37.0 Å². The van der Waals surface area contributed by atoms with Crippen LogP contribution in [0.5, 0.6) is 0 Å². The highest BCUT2D eigenvalue weighted by Gasteiger charge is 2.23. The molecule has 0 saturated heterocycles.